The van der Waals surface area contributed by atoms with Crippen molar-refractivity contribution >= 4 is 73.5 Å². The molecule has 2 aromatic heterocycles. The predicted molar refractivity (Wildman–Crippen MR) is 220 cm³/mol. The highest BCUT2D eigenvalue weighted by Gasteiger charge is 2.29. The van der Waals surface area contributed by atoms with Crippen LogP contribution in [0.4, 0.5) is 35.3 Å². The molecule has 4 aromatic carbocycles. The van der Waals surface area contributed by atoms with Gasteiger partial charge in [0.05, 0.1) is 22.0 Å². The molecule has 0 unspecified atom stereocenters. The van der Waals surface area contributed by atoms with E-state index >= 15 is 0 Å². The van der Waals surface area contributed by atoms with Crippen LogP contribution in [0.1, 0.15) is 17.8 Å². The Balaban J connectivity index is 0.000000215. The molecule has 0 aliphatic heterocycles. The summed E-state index contributed by atoms with van der Waals surface area (Å²) in [5.74, 6) is 0.199. The second kappa shape index (κ2) is 21.5. The Morgan fingerprint density at radius 1 is 0.935 bits per heavy atom. The second-order valence-electron chi connectivity index (χ2n) is 12.1. The Kier molecular flexibility index (Phi) is 16.5. The molecule has 326 valence electrons. The van der Waals surface area contributed by atoms with Gasteiger partial charge in [-0.1, -0.05) is 59.6 Å². The van der Waals surface area contributed by atoms with Gasteiger partial charge in [-0.25, -0.2) is 22.7 Å². The number of nitrogens with one attached hydrogen (secondary N) is 2. The summed E-state index contributed by atoms with van der Waals surface area (Å²) in [6.07, 6.45) is -4.59. The summed E-state index contributed by atoms with van der Waals surface area (Å²) >= 11 is 11.9. The lowest BCUT2D eigenvalue weighted by atomic mass is 10.1. The lowest BCUT2D eigenvalue weighted by Crippen LogP contribution is -2.35. The van der Waals surface area contributed by atoms with Crippen molar-refractivity contribution in [1.82, 2.24) is 24.7 Å². The largest absolute Gasteiger partial charge is 0.480 e. The van der Waals surface area contributed by atoms with Gasteiger partial charge in [-0.2, -0.15) is 28.1 Å². The lowest BCUT2D eigenvalue weighted by molar-refractivity contribution is -0.383. The maximum Gasteiger partial charge on any atom is 0.389 e. The van der Waals surface area contributed by atoms with Crippen LogP contribution in [0.25, 0.3) is 10.9 Å². The predicted octanol–water partition coefficient (Wildman–Crippen LogP) is 8.17. The fourth-order valence-electron chi connectivity index (χ4n) is 4.94. The number of rotatable bonds is 12. The van der Waals surface area contributed by atoms with Gasteiger partial charge in [0, 0.05) is 24.1 Å². The van der Waals surface area contributed by atoms with Gasteiger partial charge in [0.1, 0.15) is 39.3 Å². The first-order valence-electron chi connectivity index (χ1n) is 17.4. The number of amides is 2. The smallest absolute Gasteiger partial charge is 0.389 e. The Hall–Kier alpha value is -7.04. The number of carbonyl (C=O) groups excluding carboxylic acids is 1. The SMILES string of the molecule is COc1nc(C)nc(NC(=O)NS(=O)(=O)c2ccccc2CCC(F)(F)F)n1.Nc1c([N+](=O)[O-])ccc(Oc2ccccc2)c1Cl.O=C(O)COc1ccc(Cl)c2cccnc12. The quantitative estimate of drug-likeness (QED) is 0.0512. The highest BCUT2D eigenvalue weighted by Crippen LogP contribution is 2.39. The molecule has 62 heavy (non-hydrogen) atoms. The summed E-state index contributed by atoms with van der Waals surface area (Å²) in [6.45, 7) is 1.11. The number of methoxy groups -OCH3 is 1. The molecule has 6 rings (SSSR count). The summed E-state index contributed by atoms with van der Waals surface area (Å²) in [7, 11) is -3.14. The molecule has 18 nitrogen and oxygen atoms in total. The van der Waals surface area contributed by atoms with Crippen LogP contribution in [0.5, 0.6) is 23.3 Å². The summed E-state index contributed by atoms with van der Waals surface area (Å²) in [5, 5.41) is 22.6. The van der Waals surface area contributed by atoms with Gasteiger partial charge in [0.2, 0.25) is 5.95 Å². The number of ether oxygens (including phenoxy) is 3. The van der Waals surface area contributed by atoms with E-state index in [1.165, 1.54) is 44.4 Å². The molecule has 0 saturated carbocycles. The first-order valence-corrected chi connectivity index (χ1v) is 19.6. The lowest BCUT2D eigenvalue weighted by Gasteiger charge is -2.13. The Labute approximate surface area is 360 Å². The van der Waals surface area contributed by atoms with E-state index in [0.717, 1.165) is 11.5 Å². The number of fused-ring (bicyclic) bond motifs is 1. The van der Waals surface area contributed by atoms with E-state index < -0.39 is 57.5 Å². The van der Waals surface area contributed by atoms with Crippen LogP contribution < -0.4 is 30.0 Å². The number of aryl methyl sites for hydroxylation is 2. The number of aromatic nitrogens is 4. The number of nitro benzene ring substituents is 1. The minimum atomic E-state index is -4.45. The van der Waals surface area contributed by atoms with E-state index in [4.69, 9.17) is 48.3 Å². The molecule has 0 spiro atoms. The van der Waals surface area contributed by atoms with E-state index in [0.29, 0.717) is 22.0 Å². The fraction of sp³-hybridized carbons (Fsp3) is 0.158. The maximum atomic E-state index is 12.5. The molecule has 0 fully saturated rings. The van der Waals surface area contributed by atoms with Crippen LogP contribution in [-0.4, -0.2) is 70.3 Å². The van der Waals surface area contributed by atoms with Gasteiger partial charge >= 0.3 is 24.2 Å². The number of carbonyl (C=O) groups is 2. The van der Waals surface area contributed by atoms with Gasteiger partial charge in [-0.15, -0.1) is 0 Å². The molecule has 0 saturated heterocycles. The summed E-state index contributed by atoms with van der Waals surface area (Å²) in [5.41, 5.74) is 5.74. The van der Waals surface area contributed by atoms with Crippen LogP contribution in [0.3, 0.4) is 0 Å². The van der Waals surface area contributed by atoms with Gasteiger partial charge in [0.25, 0.3) is 15.7 Å². The number of hydrogen-bond donors (Lipinski definition) is 4. The topological polar surface area (TPSA) is 261 Å². The van der Waals surface area contributed by atoms with E-state index in [1.807, 2.05) is 6.07 Å². The molecule has 0 bridgehead atoms. The zero-order chi connectivity index (χ0) is 45.6. The minimum Gasteiger partial charge on any atom is -0.480 e. The molecule has 0 aliphatic rings. The monoisotopic (exact) mass is 920 g/mol. The van der Waals surface area contributed by atoms with Crippen molar-refractivity contribution < 1.29 is 55.4 Å². The van der Waals surface area contributed by atoms with Crippen molar-refractivity contribution in [2.24, 2.45) is 0 Å². The van der Waals surface area contributed by atoms with E-state index in [9.17, 15) is 41.3 Å². The van der Waals surface area contributed by atoms with E-state index in [-0.39, 0.29) is 45.5 Å². The van der Waals surface area contributed by atoms with Crippen molar-refractivity contribution in [3.8, 4) is 23.3 Å². The van der Waals surface area contributed by atoms with Crippen LogP contribution in [0, 0.1) is 17.0 Å². The second-order valence-corrected chi connectivity index (χ2v) is 14.5. The minimum absolute atomic E-state index is 0.0352. The Bertz CT molecular complexity index is 2670. The number of hydrogen-bond acceptors (Lipinski definition) is 14. The Morgan fingerprint density at radius 3 is 2.27 bits per heavy atom. The first-order chi connectivity index (χ1) is 29.3. The summed E-state index contributed by atoms with van der Waals surface area (Å²) in [4.78, 5) is 47.5. The number of nitrogens with two attached hydrogens (primary N) is 1. The molecule has 6 aromatic rings. The summed E-state index contributed by atoms with van der Waals surface area (Å²) in [6, 6.07) is 22.3. The highest BCUT2D eigenvalue weighted by molar-refractivity contribution is 7.90. The van der Waals surface area contributed by atoms with E-state index in [1.54, 1.807) is 59.4 Å². The standard InChI is InChI=1S/C15H16F3N5O4S.C12H9ClN2O3.C11H8ClNO3/c1-9-19-12(22-14(20-9)27-2)21-13(24)23-28(25,26)11-6-4-3-5-10(11)7-8-15(16,17)18;13-11-10(18-8-4-2-1-3-5-8)7-6-9(12(11)14)15(16)17;12-8-3-4-9(16-6-10(14)15)11-7(8)2-1-5-13-11/h3-6H,7-8H2,1-2H3,(H2,19,20,21,22,23,24);1-7H,14H2;1-5H,6H2,(H,14,15). The number of sulfonamides is 1. The molecule has 0 aliphatic carbocycles. The van der Waals surface area contributed by atoms with Crippen LogP contribution in [0.15, 0.2) is 102 Å². The zero-order valence-electron chi connectivity index (χ0n) is 32.1. The van der Waals surface area contributed by atoms with Gasteiger partial charge < -0.3 is 25.1 Å². The Morgan fingerprint density at radius 2 is 1.61 bits per heavy atom. The van der Waals surface area contributed by atoms with Crippen LogP contribution in [0.2, 0.25) is 10.0 Å². The normalized spacial score (nSPS) is 10.9. The number of anilines is 2. The molecule has 0 atom stereocenters. The number of pyridine rings is 1. The van der Waals surface area contributed by atoms with Crippen molar-refractivity contribution in [2.75, 3.05) is 24.8 Å². The number of alkyl halides is 3. The number of carboxylic acids is 1. The average molecular weight is 922 g/mol. The number of carboxylic acid groups (broad SMARTS) is 1. The number of benzene rings is 4. The molecule has 2 amide bonds. The molecule has 0 radical (unpaired) electrons. The number of urea groups is 1. The van der Waals surface area contributed by atoms with Crippen molar-refractivity contribution in [3.63, 3.8) is 0 Å². The van der Waals surface area contributed by atoms with E-state index in [2.05, 4.69) is 25.3 Å². The number of halogens is 5. The number of para-hydroxylation sites is 1. The average Bonchev–Trinajstić information content (AvgIpc) is 3.21. The van der Waals surface area contributed by atoms with Crippen molar-refractivity contribution in [3.05, 3.63) is 129 Å². The molecule has 2 heterocycles. The highest BCUT2D eigenvalue weighted by atomic mass is 35.5. The maximum absolute atomic E-state index is 12.5. The first kappa shape index (κ1) is 47.6. The van der Waals surface area contributed by atoms with Gasteiger partial charge in [-0.3, -0.25) is 20.4 Å². The number of nitrogen functional groups attached to an aromatic ring is 1. The molecular weight excluding hydrogens is 888 g/mol. The molecule has 5 N–H and O–H groups in total. The third kappa shape index (κ3) is 14.0. The van der Waals surface area contributed by atoms with Crippen molar-refractivity contribution in [2.45, 2.75) is 30.8 Å². The number of nitro groups is 1. The van der Waals surface area contributed by atoms with Crippen molar-refractivity contribution in [1.29, 1.82) is 0 Å². The third-order valence-corrected chi connectivity index (χ3v) is 9.77. The summed E-state index contributed by atoms with van der Waals surface area (Å²) < 4.78 is 79.4. The number of nitrogens with zero attached hydrogens (tertiary/aromatic N) is 5. The van der Waals surface area contributed by atoms with Crippen LogP contribution >= 0.6 is 23.2 Å². The van der Waals surface area contributed by atoms with Crippen LogP contribution in [-0.2, 0) is 21.2 Å². The zero-order valence-corrected chi connectivity index (χ0v) is 34.4. The molecular formula is C38H33Cl2F3N8O10S. The number of aliphatic carboxylic acids is 1. The van der Waals surface area contributed by atoms with Gasteiger partial charge in [0.15, 0.2) is 6.61 Å². The third-order valence-electron chi connectivity index (χ3n) is 7.62. The fourth-order valence-corrected chi connectivity index (χ4v) is 6.53. The molecule has 24 heteroatoms. The van der Waals surface area contributed by atoms with Gasteiger partial charge in [-0.05, 0) is 67.4 Å².